The summed E-state index contributed by atoms with van der Waals surface area (Å²) in [5.41, 5.74) is 5.64. The fourth-order valence-corrected chi connectivity index (χ4v) is 1.91. The number of anilines is 2. The van der Waals surface area contributed by atoms with Crippen LogP contribution in [0.15, 0.2) is 0 Å². The number of hydrogen-bond donors (Lipinski definition) is 3. The van der Waals surface area contributed by atoms with Crippen LogP contribution < -0.4 is 16.4 Å². The molecule has 1 rings (SSSR count). The Morgan fingerprint density at radius 3 is 2.87 bits per heavy atom. The summed E-state index contributed by atoms with van der Waals surface area (Å²) in [7, 11) is 0. The molecule has 0 saturated heterocycles. The van der Waals surface area contributed by atoms with Crippen molar-refractivity contribution in [2.45, 2.75) is 20.3 Å². The summed E-state index contributed by atoms with van der Waals surface area (Å²) in [6.07, 6.45) is 0.907. The maximum Gasteiger partial charge on any atom is 0.265 e. The maximum atomic E-state index is 11.6. The van der Waals surface area contributed by atoms with Gasteiger partial charge in [0.1, 0.15) is 10.7 Å². The van der Waals surface area contributed by atoms with Crippen LogP contribution in [0.4, 0.5) is 10.9 Å². The lowest BCUT2D eigenvalue weighted by Gasteiger charge is -2.00. The zero-order valence-electron chi connectivity index (χ0n) is 8.96. The average Bonchev–Trinajstić information content (AvgIpc) is 2.57. The quantitative estimate of drug-likeness (QED) is 0.709. The summed E-state index contributed by atoms with van der Waals surface area (Å²) < 4.78 is 0. The molecule has 4 N–H and O–H groups in total. The van der Waals surface area contributed by atoms with Crippen LogP contribution in [0.2, 0.25) is 0 Å². The van der Waals surface area contributed by atoms with E-state index < -0.39 is 0 Å². The zero-order chi connectivity index (χ0) is 11.3. The molecule has 0 bridgehead atoms. The van der Waals surface area contributed by atoms with Crippen molar-refractivity contribution in [2.24, 2.45) is 0 Å². The SMILES string of the molecule is CCCNC(=O)c1sc(NCC)nc1N. The van der Waals surface area contributed by atoms with E-state index >= 15 is 0 Å². The highest BCUT2D eigenvalue weighted by atomic mass is 32.1. The van der Waals surface area contributed by atoms with Crippen molar-refractivity contribution in [1.29, 1.82) is 0 Å². The van der Waals surface area contributed by atoms with Gasteiger partial charge in [-0.25, -0.2) is 4.98 Å². The Hall–Kier alpha value is -1.30. The van der Waals surface area contributed by atoms with E-state index in [9.17, 15) is 4.79 Å². The molecule has 0 saturated carbocycles. The lowest BCUT2D eigenvalue weighted by atomic mass is 10.4. The normalized spacial score (nSPS) is 10.0. The molecule has 6 heteroatoms. The summed E-state index contributed by atoms with van der Waals surface area (Å²) in [6.45, 7) is 5.39. The third-order valence-corrected chi connectivity index (χ3v) is 2.75. The first-order valence-electron chi connectivity index (χ1n) is 4.97. The Morgan fingerprint density at radius 1 is 1.53 bits per heavy atom. The maximum absolute atomic E-state index is 11.6. The van der Waals surface area contributed by atoms with Crippen LogP contribution in [0.1, 0.15) is 29.9 Å². The molecule has 0 aliphatic carbocycles. The van der Waals surface area contributed by atoms with Crippen LogP contribution in [0.3, 0.4) is 0 Å². The van der Waals surface area contributed by atoms with Gasteiger partial charge in [-0.15, -0.1) is 0 Å². The van der Waals surface area contributed by atoms with Crippen molar-refractivity contribution in [1.82, 2.24) is 10.3 Å². The van der Waals surface area contributed by atoms with Gasteiger partial charge in [0.05, 0.1) is 0 Å². The molecule has 0 fully saturated rings. The molecule has 1 aromatic rings. The van der Waals surface area contributed by atoms with Crippen LogP contribution in [0.25, 0.3) is 0 Å². The highest BCUT2D eigenvalue weighted by Crippen LogP contribution is 2.24. The van der Waals surface area contributed by atoms with E-state index in [2.05, 4.69) is 15.6 Å². The zero-order valence-corrected chi connectivity index (χ0v) is 9.78. The second kappa shape index (κ2) is 5.55. The Kier molecular flexibility index (Phi) is 4.36. The molecule has 84 valence electrons. The fourth-order valence-electron chi connectivity index (χ4n) is 1.04. The summed E-state index contributed by atoms with van der Waals surface area (Å²) in [5.74, 6) is 0.153. The number of aromatic nitrogens is 1. The third-order valence-electron chi connectivity index (χ3n) is 1.72. The van der Waals surface area contributed by atoms with E-state index in [-0.39, 0.29) is 5.91 Å². The Labute approximate surface area is 93.1 Å². The minimum atomic E-state index is -0.143. The van der Waals surface area contributed by atoms with Gasteiger partial charge in [0.2, 0.25) is 0 Å². The van der Waals surface area contributed by atoms with Crippen molar-refractivity contribution in [2.75, 3.05) is 24.1 Å². The molecular weight excluding hydrogens is 212 g/mol. The first-order chi connectivity index (χ1) is 7.19. The number of carbonyl (C=O) groups excluding carboxylic acids is 1. The molecule has 0 aliphatic heterocycles. The van der Waals surface area contributed by atoms with Crippen molar-refractivity contribution in [3.05, 3.63) is 4.88 Å². The molecule has 0 unspecified atom stereocenters. The standard InChI is InChI=1S/C9H16N4OS/c1-3-5-12-8(14)6-7(10)13-9(15-6)11-4-2/h3-5,10H2,1-2H3,(H,11,13)(H,12,14). The molecule has 15 heavy (non-hydrogen) atoms. The summed E-state index contributed by atoms with van der Waals surface area (Å²) in [5, 5.41) is 6.49. The van der Waals surface area contributed by atoms with Crippen molar-refractivity contribution >= 4 is 28.2 Å². The minimum absolute atomic E-state index is 0.143. The molecule has 1 aromatic heterocycles. The van der Waals surface area contributed by atoms with Crippen LogP contribution in [0.5, 0.6) is 0 Å². The van der Waals surface area contributed by atoms with E-state index in [0.717, 1.165) is 13.0 Å². The van der Waals surface area contributed by atoms with Gasteiger partial charge in [-0.2, -0.15) is 0 Å². The predicted octanol–water partition coefficient (Wildman–Crippen LogP) is 1.30. The second-order valence-corrected chi connectivity index (χ2v) is 4.02. The number of amides is 1. The average molecular weight is 228 g/mol. The Morgan fingerprint density at radius 2 is 2.27 bits per heavy atom. The second-order valence-electron chi connectivity index (χ2n) is 3.02. The monoisotopic (exact) mass is 228 g/mol. The largest absolute Gasteiger partial charge is 0.382 e. The van der Waals surface area contributed by atoms with Crippen molar-refractivity contribution < 1.29 is 4.79 Å². The van der Waals surface area contributed by atoms with Crippen LogP contribution in [-0.2, 0) is 0 Å². The van der Waals surface area contributed by atoms with Gasteiger partial charge in [0, 0.05) is 13.1 Å². The third kappa shape index (κ3) is 3.09. The topological polar surface area (TPSA) is 80.0 Å². The van der Waals surface area contributed by atoms with E-state index in [1.54, 1.807) is 0 Å². The van der Waals surface area contributed by atoms with E-state index in [0.29, 0.717) is 22.4 Å². The minimum Gasteiger partial charge on any atom is -0.382 e. The fraction of sp³-hybridized carbons (Fsp3) is 0.556. The lowest BCUT2D eigenvalue weighted by Crippen LogP contribution is -2.23. The molecule has 1 heterocycles. The van der Waals surface area contributed by atoms with Crippen LogP contribution in [-0.4, -0.2) is 24.0 Å². The predicted molar refractivity (Wildman–Crippen MR) is 63.3 cm³/mol. The van der Waals surface area contributed by atoms with Gasteiger partial charge >= 0.3 is 0 Å². The first-order valence-corrected chi connectivity index (χ1v) is 5.79. The van der Waals surface area contributed by atoms with Crippen LogP contribution >= 0.6 is 11.3 Å². The lowest BCUT2D eigenvalue weighted by molar-refractivity contribution is 0.0958. The highest BCUT2D eigenvalue weighted by molar-refractivity contribution is 7.18. The molecule has 0 aliphatic rings. The van der Waals surface area contributed by atoms with E-state index in [1.807, 2.05) is 13.8 Å². The molecule has 1 amide bonds. The molecule has 0 aromatic carbocycles. The summed E-state index contributed by atoms with van der Waals surface area (Å²) >= 11 is 1.28. The highest BCUT2D eigenvalue weighted by Gasteiger charge is 2.14. The number of hydrogen-bond acceptors (Lipinski definition) is 5. The first kappa shape index (κ1) is 11.8. The van der Waals surface area contributed by atoms with Gasteiger partial charge in [0.25, 0.3) is 5.91 Å². The van der Waals surface area contributed by atoms with Gasteiger partial charge in [0.15, 0.2) is 5.13 Å². The van der Waals surface area contributed by atoms with Gasteiger partial charge in [-0.05, 0) is 13.3 Å². The number of thiazole rings is 1. The van der Waals surface area contributed by atoms with Crippen molar-refractivity contribution in [3.63, 3.8) is 0 Å². The number of nitrogen functional groups attached to an aromatic ring is 1. The number of carbonyl (C=O) groups is 1. The Balaban J connectivity index is 2.71. The molecule has 0 spiro atoms. The molecule has 0 atom stereocenters. The number of nitrogens with zero attached hydrogens (tertiary/aromatic N) is 1. The van der Waals surface area contributed by atoms with Gasteiger partial charge in [-0.3, -0.25) is 4.79 Å². The van der Waals surface area contributed by atoms with Gasteiger partial charge < -0.3 is 16.4 Å². The molecular formula is C9H16N4OS. The number of nitrogens with one attached hydrogen (secondary N) is 2. The van der Waals surface area contributed by atoms with E-state index in [1.165, 1.54) is 11.3 Å². The van der Waals surface area contributed by atoms with Crippen LogP contribution in [0, 0.1) is 0 Å². The number of rotatable bonds is 5. The van der Waals surface area contributed by atoms with Gasteiger partial charge in [-0.1, -0.05) is 18.3 Å². The summed E-state index contributed by atoms with van der Waals surface area (Å²) in [4.78, 5) is 16.1. The molecule has 5 nitrogen and oxygen atoms in total. The number of nitrogens with two attached hydrogens (primary N) is 1. The van der Waals surface area contributed by atoms with E-state index in [4.69, 9.17) is 5.73 Å². The Bertz CT molecular complexity index is 337. The smallest absolute Gasteiger partial charge is 0.265 e. The molecule has 0 radical (unpaired) electrons. The van der Waals surface area contributed by atoms with Crippen molar-refractivity contribution in [3.8, 4) is 0 Å². The summed E-state index contributed by atoms with van der Waals surface area (Å²) in [6, 6.07) is 0.